The Labute approximate surface area is 206 Å². The molecule has 2 aromatic carbocycles. The van der Waals surface area contributed by atoms with Gasteiger partial charge in [-0.3, -0.25) is 13.9 Å². The monoisotopic (exact) mass is 509 g/mol. The van der Waals surface area contributed by atoms with Gasteiger partial charge in [0.1, 0.15) is 18.3 Å². The van der Waals surface area contributed by atoms with Crippen LogP contribution >= 0.6 is 11.6 Å². The van der Waals surface area contributed by atoms with E-state index >= 15 is 0 Å². The lowest BCUT2D eigenvalue weighted by Gasteiger charge is -2.32. The molecule has 0 fully saturated rings. The van der Waals surface area contributed by atoms with Gasteiger partial charge in [0.2, 0.25) is 21.8 Å². The predicted molar refractivity (Wildman–Crippen MR) is 134 cm³/mol. The van der Waals surface area contributed by atoms with Crippen molar-refractivity contribution in [2.45, 2.75) is 33.4 Å². The Balaban J connectivity index is 2.42. The number of ether oxygens (including phenoxy) is 1. The first kappa shape index (κ1) is 27.5. The lowest BCUT2D eigenvalue weighted by atomic mass is 10.1. The zero-order chi connectivity index (χ0) is 25.5. The van der Waals surface area contributed by atoms with Crippen molar-refractivity contribution in [3.05, 3.63) is 59.1 Å². The summed E-state index contributed by atoms with van der Waals surface area (Å²) in [5.74, 6) is -0.350. The first-order valence-corrected chi connectivity index (χ1v) is 13.1. The highest BCUT2D eigenvalue weighted by molar-refractivity contribution is 7.92. The Morgan fingerprint density at radius 3 is 2.26 bits per heavy atom. The van der Waals surface area contributed by atoms with E-state index in [2.05, 4.69) is 5.32 Å². The van der Waals surface area contributed by atoms with Crippen molar-refractivity contribution < 1.29 is 22.7 Å². The quantitative estimate of drug-likeness (QED) is 0.501. The fraction of sp³-hybridized carbons (Fsp3) is 0.417. The van der Waals surface area contributed by atoms with Gasteiger partial charge in [-0.25, -0.2) is 8.42 Å². The number of rotatable bonds is 11. The number of anilines is 1. The van der Waals surface area contributed by atoms with Crippen molar-refractivity contribution in [3.63, 3.8) is 0 Å². The van der Waals surface area contributed by atoms with E-state index < -0.39 is 28.5 Å². The number of para-hydroxylation sites is 2. The molecular formula is C24H32ClN3O5S. The summed E-state index contributed by atoms with van der Waals surface area (Å²) in [5, 5.41) is 3.28. The van der Waals surface area contributed by atoms with Gasteiger partial charge in [0.15, 0.2) is 0 Å². The minimum absolute atomic E-state index is 0.0400. The van der Waals surface area contributed by atoms with Crippen molar-refractivity contribution in [1.82, 2.24) is 10.2 Å². The second kappa shape index (κ2) is 12.1. The molecule has 8 nitrogen and oxygen atoms in total. The van der Waals surface area contributed by atoms with Gasteiger partial charge in [-0.15, -0.1) is 0 Å². The van der Waals surface area contributed by atoms with E-state index in [4.69, 9.17) is 16.3 Å². The van der Waals surface area contributed by atoms with Crippen LogP contribution in [0.2, 0.25) is 5.02 Å². The van der Waals surface area contributed by atoms with Crippen LogP contribution in [0.25, 0.3) is 0 Å². The van der Waals surface area contributed by atoms with Gasteiger partial charge < -0.3 is 15.0 Å². The van der Waals surface area contributed by atoms with Gasteiger partial charge in [0.05, 0.1) is 19.1 Å². The molecule has 2 aromatic rings. The number of nitrogens with zero attached hydrogens (tertiary/aromatic N) is 2. The van der Waals surface area contributed by atoms with E-state index in [0.29, 0.717) is 22.9 Å². The summed E-state index contributed by atoms with van der Waals surface area (Å²) in [5.41, 5.74) is 0.875. The van der Waals surface area contributed by atoms with Crippen LogP contribution in [-0.2, 0) is 26.2 Å². The number of amides is 2. The number of methoxy groups -OCH3 is 1. The lowest BCUT2D eigenvalue weighted by Crippen LogP contribution is -2.51. The van der Waals surface area contributed by atoms with Gasteiger partial charge in [-0.1, -0.05) is 55.8 Å². The maximum absolute atomic E-state index is 13.5. The first-order valence-electron chi connectivity index (χ1n) is 10.9. The van der Waals surface area contributed by atoms with Crippen molar-refractivity contribution in [2.24, 2.45) is 5.92 Å². The van der Waals surface area contributed by atoms with Crippen LogP contribution in [-0.4, -0.2) is 57.6 Å². The molecule has 2 amide bonds. The van der Waals surface area contributed by atoms with Gasteiger partial charge in [-0.2, -0.15) is 0 Å². The third-order valence-electron chi connectivity index (χ3n) is 5.18. The zero-order valence-electron chi connectivity index (χ0n) is 20.1. The Hall–Kier alpha value is -2.78. The van der Waals surface area contributed by atoms with Crippen molar-refractivity contribution in [2.75, 3.05) is 30.8 Å². The van der Waals surface area contributed by atoms with E-state index in [1.807, 2.05) is 13.8 Å². The van der Waals surface area contributed by atoms with Crippen molar-refractivity contribution in [1.29, 1.82) is 0 Å². The number of carbonyl (C=O) groups is 2. The average molecular weight is 510 g/mol. The molecule has 0 aliphatic carbocycles. The molecule has 1 N–H and O–H groups in total. The highest BCUT2D eigenvalue weighted by Gasteiger charge is 2.31. The molecule has 10 heteroatoms. The number of nitrogens with one attached hydrogen (secondary N) is 1. The first-order chi connectivity index (χ1) is 16.0. The molecule has 0 unspecified atom stereocenters. The molecule has 0 heterocycles. The largest absolute Gasteiger partial charge is 0.495 e. The Morgan fingerprint density at radius 1 is 1.06 bits per heavy atom. The predicted octanol–water partition coefficient (Wildman–Crippen LogP) is 3.30. The SMILES string of the molecule is COc1ccccc1N(CC(=O)N(Cc1ccccc1Cl)[C@H](C)C(=O)NCC(C)C)S(C)(=O)=O. The number of sulfonamides is 1. The molecule has 0 radical (unpaired) electrons. The van der Waals surface area contributed by atoms with E-state index in [0.717, 1.165) is 10.6 Å². The van der Waals surface area contributed by atoms with E-state index in [1.165, 1.54) is 12.0 Å². The highest BCUT2D eigenvalue weighted by Crippen LogP contribution is 2.30. The number of halogens is 1. The molecule has 0 aliphatic heterocycles. The molecule has 2 rings (SSSR count). The summed E-state index contributed by atoms with van der Waals surface area (Å²) >= 11 is 6.31. The lowest BCUT2D eigenvalue weighted by molar-refractivity contribution is -0.139. The van der Waals surface area contributed by atoms with Gasteiger partial charge in [0.25, 0.3) is 0 Å². The topological polar surface area (TPSA) is 96.0 Å². The van der Waals surface area contributed by atoms with Crippen molar-refractivity contribution >= 4 is 39.1 Å². The second-order valence-corrected chi connectivity index (χ2v) is 10.7. The van der Waals surface area contributed by atoms with Crippen LogP contribution in [0, 0.1) is 5.92 Å². The van der Waals surface area contributed by atoms with Crippen LogP contribution in [0.1, 0.15) is 26.3 Å². The molecule has 34 heavy (non-hydrogen) atoms. The van der Waals surface area contributed by atoms with Gasteiger partial charge >= 0.3 is 0 Å². The van der Waals surface area contributed by atoms with Crippen LogP contribution in [0.5, 0.6) is 5.75 Å². The molecule has 0 bridgehead atoms. The molecule has 0 aliphatic rings. The minimum atomic E-state index is -3.85. The van der Waals surface area contributed by atoms with Crippen molar-refractivity contribution in [3.8, 4) is 5.75 Å². The van der Waals surface area contributed by atoms with E-state index in [-0.39, 0.29) is 24.1 Å². The Bertz CT molecular complexity index is 1110. The van der Waals surface area contributed by atoms with E-state index in [9.17, 15) is 18.0 Å². The molecule has 0 spiro atoms. The number of benzene rings is 2. The molecule has 0 saturated carbocycles. The number of carbonyl (C=O) groups excluding carboxylic acids is 2. The smallest absolute Gasteiger partial charge is 0.244 e. The molecule has 0 saturated heterocycles. The van der Waals surface area contributed by atoms with Gasteiger partial charge in [0, 0.05) is 18.1 Å². The standard InChI is InChI=1S/C24H32ClN3O5S/c1-17(2)14-26-24(30)18(3)27(15-19-10-6-7-11-20(19)25)23(29)16-28(34(5,31)32)21-12-8-9-13-22(21)33-4/h6-13,17-18H,14-16H2,1-5H3,(H,26,30)/t18-/m1/s1. The number of hydrogen-bond donors (Lipinski definition) is 1. The van der Waals surface area contributed by atoms with Crippen LogP contribution in [0.4, 0.5) is 5.69 Å². The summed E-state index contributed by atoms with van der Waals surface area (Å²) in [7, 11) is -2.43. The molecular weight excluding hydrogens is 478 g/mol. The Morgan fingerprint density at radius 2 is 1.68 bits per heavy atom. The summed E-state index contributed by atoms with van der Waals surface area (Å²) in [4.78, 5) is 27.7. The highest BCUT2D eigenvalue weighted by atomic mass is 35.5. The fourth-order valence-electron chi connectivity index (χ4n) is 3.28. The minimum Gasteiger partial charge on any atom is -0.495 e. The van der Waals surface area contributed by atoms with Crippen LogP contribution in [0.15, 0.2) is 48.5 Å². The molecule has 186 valence electrons. The van der Waals surface area contributed by atoms with E-state index in [1.54, 1.807) is 55.5 Å². The molecule has 0 aromatic heterocycles. The average Bonchev–Trinajstić information content (AvgIpc) is 2.79. The zero-order valence-corrected chi connectivity index (χ0v) is 21.7. The second-order valence-electron chi connectivity index (χ2n) is 8.37. The Kier molecular flexibility index (Phi) is 9.76. The maximum Gasteiger partial charge on any atom is 0.244 e. The third kappa shape index (κ3) is 7.36. The number of hydrogen-bond acceptors (Lipinski definition) is 5. The fourth-order valence-corrected chi connectivity index (χ4v) is 4.32. The third-order valence-corrected chi connectivity index (χ3v) is 6.68. The van der Waals surface area contributed by atoms with Crippen LogP contribution in [0.3, 0.4) is 0 Å². The summed E-state index contributed by atoms with van der Waals surface area (Å²) in [6.07, 6.45) is 1.02. The summed E-state index contributed by atoms with van der Waals surface area (Å²) < 4.78 is 31.6. The molecule has 1 atom stereocenters. The van der Waals surface area contributed by atoms with Crippen LogP contribution < -0.4 is 14.4 Å². The van der Waals surface area contributed by atoms with Gasteiger partial charge in [-0.05, 0) is 36.6 Å². The summed E-state index contributed by atoms with van der Waals surface area (Å²) in [6, 6.07) is 12.7. The maximum atomic E-state index is 13.5. The summed E-state index contributed by atoms with van der Waals surface area (Å²) in [6.45, 7) is 5.53. The normalized spacial score (nSPS) is 12.2.